The Labute approximate surface area is 98.1 Å². The van der Waals surface area contributed by atoms with Crippen LogP contribution in [-0.2, 0) is 6.42 Å². The molecule has 2 aromatic heterocycles. The lowest BCUT2D eigenvalue weighted by Gasteiger charge is -2.06. The fourth-order valence-electron chi connectivity index (χ4n) is 1.26. The minimum atomic E-state index is -0.321. The van der Waals surface area contributed by atoms with Crippen molar-refractivity contribution < 1.29 is 4.79 Å². The van der Waals surface area contributed by atoms with Crippen LogP contribution in [-0.4, -0.2) is 50.2 Å². The molecule has 0 radical (unpaired) electrons. The van der Waals surface area contributed by atoms with Gasteiger partial charge in [0.25, 0.3) is 0 Å². The molecule has 7 heteroatoms. The minimum absolute atomic E-state index is 0.321. The van der Waals surface area contributed by atoms with Crippen molar-refractivity contribution in [3.05, 3.63) is 35.9 Å². The Bertz CT molecular complexity index is 507. The number of carbonyl (C=O) groups excluding carboxylic acids is 1. The molecule has 88 valence electrons. The quantitative estimate of drug-likeness (QED) is 0.738. The van der Waals surface area contributed by atoms with Crippen LogP contribution in [0, 0.1) is 0 Å². The molecule has 0 aromatic carbocycles. The van der Waals surface area contributed by atoms with Gasteiger partial charge in [-0.05, 0) is 22.9 Å². The smallest absolute Gasteiger partial charge is 0.328 e. The second kappa shape index (κ2) is 4.69. The number of rotatable bonds is 2. The Morgan fingerprint density at radius 3 is 2.71 bits per heavy atom. The van der Waals surface area contributed by atoms with Crippen LogP contribution in [0.3, 0.4) is 0 Å². The van der Waals surface area contributed by atoms with Crippen LogP contribution in [0.4, 0.5) is 4.79 Å². The maximum atomic E-state index is 11.5. The molecule has 0 aliphatic heterocycles. The highest BCUT2D eigenvalue weighted by Crippen LogP contribution is 2.02. The van der Waals surface area contributed by atoms with Crippen LogP contribution in [0.25, 0.3) is 0 Å². The number of hydrogen-bond acceptors (Lipinski definition) is 5. The van der Waals surface area contributed by atoms with Crippen molar-refractivity contribution in [2.45, 2.75) is 6.42 Å². The topological polar surface area (TPSA) is 76.8 Å². The average Bonchev–Trinajstić information content (AvgIpc) is 2.77. The molecule has 2 rings (SSSR count). The molecule has 2 heterocycles. The van der Waals surface area contributed by atoms with Gasteiger partial charge in [-0.3, -0.25) is 4.98 Å². The standard InChI is InChI=1S/C10H12N6O/c1-15(2)10(17)16-13-9(12-14-16)7-8-3-5-11-6-4-8/h3-6H,7H2,1-2H3. The van der Waals surface area contributed by atoms with Crippen molar-refractivity contribution in [1.82, 2.24) is 30.1 Å². The highest BCUT2D eigenvalue weighted by molar-refractivity contribution is 5.73. The van der Waals surface area contributed by atoms with E-state index in [1.165, 1.54) is 4.90 Å². The van der Waals surface area contributed by atoms with E-state index in [1.54, 1.807) is 26.5 Å². The predicted molar refractivity (Wildman–Crippen MR) is 59.3 cm³/mol. The van der Waals surface area contributed by atoms with Gasteiger partial charge < -0.3 is 4.90 Å². The number of tetrazole rings is 1. The van der Waals surface area contributed by atoms with E-state index in [4.69, 9.17) is 0 Å². The first-order valence-electron chi connectivity index (χ1n) is 5.06. The van der Waals surface area contributed by atoms with E-state index >= 15 is 0 Å². The first-order valence-corrected chi connectivity index (χ1v) is 5.06. The van der Waals surface area contributed by atoms with Gasteiger partial charge in [-0.25, -0.2) is 4.79 Å². The number of amides is 1. The zero-order valence-corrected chi connectivity index (χ0v) is 9.61. The highest BCUT2D eigenvalue weighted by atomic mass is 16.2. The third-order valence-electron chi connectivity index (χ3n) is 2.12. The summed E-state index contributed by atoms with van der Waals surface area (Å²) in [6, 6.07) is 3.42. The average molecular weight is 232 g/mol. The summed E-state index contributed by atoms with van der Waals surface area (Å²) in [6.45, 7) is 0. The Morgan fingerprint density at radius 1 is 1.35 bits per heavy atom. The maximum Gasteiger partial charge on any atom is 0.362 e. The predicted octanol–water partition coefficient (Wildman–Crippen LogP) is 0.189. The largest absolute Gasteiger partial charge is 0.362 e. The second-order valence-corrected chi connectivity index (χ2v) is 3.70. The number of pyridine rings is 1. The van der Waals surface area contributed by atoms with Crippen LogP contribution in [0.5, 0.6) is 0 Å². The molecular formula is C10H12N6O. The van der Waals surface area contributed by atoms with Crippen LogP contribution in [0.15, 0.2) is 24.5 Å². The lowest BCUT2D eigenvalue weighted by Crippen LogP contribution is -2.29. The van der Waals surface area contributed by atoms with Crippen molar-refractivity contribution in [3.63, 3.8) is 0 Å². The Morgan fingerprint density at radius 2 is 2.06 bits per heavy atom. The molecule has 0 aliphatic carbocycles. The van der Waals surface area contributed by atoms with Gasteiger partial charge in [0.1, 0.15) is 0 Å². The number of nitrogens with zero attached hydrogens (tertiary/aromatic N) is 6. The molecule has 0 unspecified atom stereocenters. The zero-order valence-electron chi connectivity index (χ0n) is 9.61. The summed E-state index contributed by atoms with van der Waals surface area (Å²) < 4.78 is 0. The molecule has 1 amide bonds. The SMILES string of the molecule is CN(C)C(=O)n1nnc(Cc2ccncc2)n1. The summed E-state index contributed by atoms with van der Waals surface area (Å²) in [4.78, 5) is 17.8. The van der Waals surface area contributed by atoms with E-state index in [-0.39, 0.29) is 6.03 Å². The summed E-state index contributed by atoms with van der Waals surface area (Å²) in [5.74, 6) is 0.506. The molecule has 0 aliphatic rings. The monoisotopic (exact) mass is 232 g/mol. The Balaban J connectivity index is 2.12. The van der Waals surface area contributed by atoms with Gasteiger partial charge in [0.05, 0.1) is 0 Å². The second-order valence-electron chi connectivity index (χ2n) is 3.70. The van der Waals surface area contributed by atoms with Gasteiger partial charge in [-0.1, -0.05) is 4.80 Å². The van der Waals surface area contributed by atoms with E-state index in [2.05, 4.69) is 20.4 Å². The van der Waals surface area contributed by atoms with Crippen molar-refractivity contribution >= 4 is 6.03 Å². The van der Waals surface area contributed by atoms with E-state index in [0.717, 1.165) is 10.4 Å². The van der Waals surface area contributed by atoms with Gasteiger partial charge in [-0.2, -0.15) is 0 Å². The maximum absolute atomic E-state index is 11.5. The van der Waals surface area contributed by atoms with Gasteiger partial charge in [0, 0.05) is 32.9 Å². The fraction of sp³-hybridized carbons (Fsp3) is 0.300. The van der Waals surface area contributed by atoms with Crippen LogP contribution in [0.1, 0.15) is 11.4 Å². The molecular weight excluding hydrogens is 220 g/mol. The van der Waals surface area contributed by atoms with Crippen molar-refractivity contribution in [1.29, 1.82) is 0 Å². The first-order chi connectivity index (χ1) is 8.16. The third-order valence-corrected chi connectivity index (χ3v) is 2.12. The van der Waals surface area contributed by atoms with Crippen LogP contribution < -0.4 is 0 Å². The fourth-order valence-corrected chi connectivity index (χ4v) is 1.26. The molecule has 0 saturated heterocycles. The van der Waals surface area contributed by atoms with Crippen LogP contribution in [0.2, 0.25) is 0 Å². The van der Waals surface area contributed by atoms with Gasteiger partial charge >= 0.3 is 6.03 Å². The van der Waals surface area contributed by atoms with Gasteiger partial charge in [0.15, 0.2) is 5.82 Å². The Hall–Kier alpha value is -2.31. The minimum Gasteiger partial charge on any atom is -0.328 e. The van der Waals surface area contributed by atoms with E-state index in [0.29, 0.717) is 12.2 Å². The summed E-state index contributed by atoms with van der Waals surface area (Å²) >= 11 is 0. The third kappa shape index (κ3) is 2.63. The van der Waals surface area contributed by atoms with Crippen molar-refractivity contribution in [2.24, 2.45) is 0 Å². The Kier molecular flexibility index (Phi) is 3.08. The molecule has 17 heavy (non-hydrogen) atoms. The van der Waals surface area contributed by atoms with Crippen LogP contribution >= 0.6 is 0 Å². The number of carbonyl (C=O) groups is 1. The zero-order chi connectivity index (χ0) is 12.3. The van der Waals surface area contributed by atoms with Gasteiger partial charge in [-0.15, -0.1) is 10.2 Å². The van der Waals surface area contributed by atoms with Gasteiger partial charge in [0.2, 0.25) is 0 Å². The van der Waals surface area contributed by atoms with E-state index < -0.39 is 0 Å². The van der Waals surface area contributed by atoms with Crippen molar-refractivity contribution in [3.8, 4) is 0 Å². The molecule has 7 nitrogen and oxygen atoms in total. The lowest BCUT2D eigenvalue weighted by molar-refractivity contribution is 0.211. The molecule has 0 N–H and O–H groups in total. The molecule has 0 spiro atoms. The summed E-state index contributed by atoms with van der Waals surface area (Å²) in [7, 11) is 3.27. The van der Waals surface area contributed by atoms with E-state index in [9.17, 15) is 4.79 Å². The molecule has 0 atom stereocenters. The first kappa shape index (κ1) is 11.2. The van der Waals surface area contributed by atoms with Crippen molar-refractivity contribution in [2.75, 3.05) is 14.1 Å². The molecule has 2 aromatic rings. The summed E-state index contributed by atoms with van der Waals surface area (Å²) in [6.07, 6.45) is 3.93. The normalized spacial score (nSPS) is 10.2. The number of aromatic nitrogens is 5. The molecule has 0 saturated carbocycles. The number of hydrogen-bond donors (Lipinski definition) is 0. The molecule has 0 bridgehead atoms. The summed E-state index contributed by atoms with van der Waals surface area (Å²) in [5.41, 5.74) is 1.02. The summed E-state index contributed by atoms with van der Waals surface area (Å²) in [5, 5.41) is 11.5. The van der Waals surface area contributed by atoms with E-state index in [1.807, 2.05) is 12.1 Å². The lowest BCUT2D eigenvalue weighted by atomic mass is 10.2. The highest BCUT2D eigenvalue weighted by Gasteiger charge is 2.12. The molecule has 0 fully saturated rings.